The van der Waals surface area contributed by atoms with E-state index in [9.17, 15) is 4.39 Å². The molecule has 1 aliphatic carbocycles. The molecule has 3 heteroatoms. The van der Waals surface area contributed by atoms with Gasteiger partial charge in [0, 0.05) is 5.71 Å². The number of aryl methyl sites for hydroxylation is 2. The Morgan fingerprint density at radius 1 is 1.15 bits per heavy atom. The minimum atomic E-state index is -0.906. The third-order valence-corrected chi connectivity index (χ3v) is 6.75. The minimum absolute atomic E-state index is 0.361. The summed E-state index contributed by atoms with van der Waals surface area (Å²) in [5.74, 6) is 0. The van der Waals surface area contributed by atoms with Crippen molar-refractivity contribution in [2.75, 3.05) is 0 Å². The van der Waals surface area contributed by atoms with Gasteiger partial charge in [0.25, 0.3) is 6.57 Å². The summed E-state index contributed by atoms with van der Waals surface area (Å²) in [6.07, 6.45) is 5.85. The predicted octanol–water partition coefficient (Wildman–Crippen LogP) is 8.39. The second-order valence-electron chi connectivity index (χ2n) is 9.10. The first-order valence-electron chi connectivity index (χ1n) is 12.2. The van der Waals surface area contributed by atoms with Gasteiger partial charge in [0.05, 0.1) is 6.42 Å². The summed E-state index contributed by atoms with van der Waals surface area (Å²) in [4.78, 5) is 8.91. The molecule has 0 radical (unpaired) electrons. The number of allylic oxidation sites excluding steroid dienone is 5. The Morgan fingerprint density at radius 3 is 2.47 bits per heavy atom. The predicted molar refractivity (Wildman–Crippen MR) is 146 cm³/mol. The third-order valence-electron chi connectivity index (χ3n) is 6.75. The van der Waals surface area contributed by atoms with Gasteiger partial charge in [-0.25, -0.2) is 9.38 Å². The first-order chi connectivity index (χ1) is 16.3. The Hall–Kier alpha value is -3.25. The maximum atomic E-state index is 13.6. The molecule has 0 saturated heterocycles. The van der Waals surface area contributed by atoms with E-state index in [1.165, 1.54) is 11.1 Å². The summed E-state index contributed by atoms with van der Waals surface area (Å²) in [5.41, 5.74) is 11.1. The van der Waals surface area contributed by atoms with Crippen molar-refractivity contribution in [3.05, 3.63) is 98.9 Å². The fourth-order valence-corrected chi connectivity index (χ4v) is 4.40. The van der Waals surface area contributed by atoms with Gasteiger partial charge in [0.1, 0.15) is 6.17 Å². The van der Waals surface area contributed by atoms with Crippen LogP contribution in [0, 0.1) is 13.5 Å². The fraction of sp³-hybridized carbons (Fsp3) is 0.355. The monoisotopic (exact) mass is 455 g/mol. The van der Waals surface area contributed by atoms with E-state index in [2.05, 4.69) is 68.6 Å². The molecule has 0 fully saturated rings. The molecule has 0 spiro atoms. The molecular formula is C31H36FN2+. The average molecular weight is 456 g/mol. The number of nitrogens with zero attached hydrogens (tertiary/aromatic N) is 2. The molecule has 0 N–H and O–H groups in total. The molecule has 176 valence electrons. The first-order valence-corrected chi connectivity index (χ1v) is 12.2. The second-order valence-corrected chi connectivity index (χ2v) is 9.10. The Bertz CT molecular complexity index is 1200. The van der Waals surface area contributed by atoms with Crippen LogP contribution in [0.15, 0.2) is 65.7 Å². The van der Waals surface area contributed by atoms with Gasteiger partial charge in [0.2, 0.25) is 0 Å². The Kier molecular flexibility index (Phi) is 8.40. The number of aliphatic imine (C=N–C) groups is 1. The first kappa shape index (κ1) is 25.4. The van der Waals surface area contributed by atoms with Crippen molar-refractivity contribution in [1.29, 1.82) is 0 Å². The van der Waals surface area contributed by atoms with E-state index in [1.807, 2.05) is 19.1 Å². The summed E-state index contributed by atoms with van der Waals surface area (Å²) < 4.78 is 13.6. The van der Waals surface area contributed by atoms with Crippen molar-refractivity contribution >= 4 is 16.9 Å². The summed E-state index contributed by atoms with van der Waals surface area (Å²) in [6, 6.07) is 12.9. The Labute approximate surface area is 204 Å². The number of halogens is 1. The summed E-state index contributed by atoms with van der Waals surface area (Å²) in [7, 11) is 0. The van der Waals surface area contributed by atoms with Gasteiger partial charge in [-0.15, -0.1) is 0 Å². The van der Waals surface area contributed by atoms with Crippen LogP contribution in [-0.4, -0.2) is 18.0 Å². The van der Waals surface area contributed by atoms with Crippen LogP contribution in [0.3, 0.4) is 0 Å². The van der Waals surface area contributed by atoms with Crippen LogP contribution in [0.4, 0.5) is 4.39 Å². The molecule has 0 bridgehead atoms. The standard InChI is InChI=1S/C31H36FN2/c1-8-20(3)30-18-27(13-10-24(30)9-2)23(6)34-31(33-7)19-25-11-14-28(16-21(25)4)29-15-12-26(17-29)22(5)32/h7,10-16,18,22,31H,3,8-9,17,19H2,1-2,4-6H3/q+1/b34-23+. The lowest BCUT2D eigenvalue weighted by Crippen LogP contribution is -2.09. The highest BCUT2D eigenvalue weighted by molar-refractivity contribution is 5.99. The van der Waals surface area contributed by atoms with Gasteiger partial charge in [-0.1, -0.05) is 67.8 Å². The average Bonchev–Trinajstić information content (AvgIpc) is 3.34. The lowest BCUT2D eigenvalue weighted by atomic mass is 9.94. The second kappa shape index (κ2) is 11.3. The van der Waals surface area contributed by atoms with E-state index in [1.54, 1.807) is 6.92 Å². The minimum Gasteiger partial charge on any atom is -0.243 e. The largest absolute Gasteiger partial charge is 0.368 e. The van der Waals surface area contributed by atoms with Crippen molar-refractivity contribution in [1.82, 2.24) is 0 Å². The van der Waals surface area contributed by atoms with Crippen LogP contribution in [0.5, 0.6) is 0 Å². The van der Waals surface area contributed by atoms with Crippen LogP contribution in [-0.2, 0) is 12.8 Å². The van der Waals surface area contributed by atoms with Crippen molar-refractivity contribution < 1.29 is 4.39 Å². The van der Waals surface area contributed by atoms with E-state index in [-0.39, 0.29) is 6.17 Å². The van der Waals surface area contributed by atoms with Crippen molar-refractivity contribution in [2.45, 2.75) is 72.6 Å². The molecule has 2 aromatic rings. The quantitative estimate of drug-likeness (QED) is 0.338. The van der Waals surface area contributed by atoms with E-state index < -0.39 is 6.17 Å². The SMILES string of the molecule is C#[N+]C(Cc1ccc(C2=CC=C(C(C)F)C2)cc1C)/N=C(\C)c1ccc(CC)c(C(=C)CC)c1. The van der Waals surface area contributed by atoms with Crippen LogP contribution in [0.25, 0.3) is 16.0 Å². The lowest BCUT2D eigenvalue weighted by molar-refractivity contribution is 0.408. The molecule has 1 aliphatic rings. The van der Waals surface area contributed by atoms with E-state index in [0.29, 0.717) is 12.8 Å². The summed E-state index contributed by atoms with van der Waals surface area (Å²) in [6.45, 7) is 20.0. The number of hydrogen-bond donors (Lipinski definition) is 0. The van der Waals surface area contributed by atoms with Crippen molar-refractivity contribution in [3.8, 4) is 6.57 Å². The van der Waals surface area contributed by atoms with Gasteiger partial charge in [-0.3, -0.25) is 0 Å². The molecule has 0 aliphatic heterocycles. The van der Waals surface area contributed by atoms with Crippen LogP contribution in [0.2, 0.25) is 0 Å². The van der Waals surface area contributed by atoms with E-state index >= 15 is 0 Å². The zero-order valence-corrected chi connectivity index (χ0v) is 21.2. The van der Waals surface area contributed by atoms with Crippen molar-refractivity contribution in [2.24, 2.45) is 4.99 Å². The van der Waals surface area contributed by atoms with Crippen LogP contribution in [0.1, 0.15) is 73.9 Å². The molecule has 2 unspecified atom stereocenters. The Morgan fingerprint density at radius 2 is 1.88 bits per heavy atom. The smallest absolute Gasteiger partial charge is 0.243 e. The Balaban J connectivity index is 1.78. The zero-order chi connectivity index (χ0) is 24.8. The molecular weight excluding hydrogens is 419 g/mol. The van der Waals surface area contributed by atoms with Gasteiger partial charge in [0.15, 0.2) is 0 Å². The lowest BCUT2D eigenvalue weighted by Gasteiger charge is -2.12. The maximum absolute atomic E-state index is 13.6. The molecule has 0 aromatic heterocycles. The fourth-order valence-electron chi connectivity index (χ4n) is 4.40. The van der Waals surface area contributed by atoms with E-state index in [4.69, 9.17) is 11.6 Å². The summed E-state index contributed by atoms with van der Waals surface area (Å²) in [5, 5.41) is 0. The third kappa shape index (κ3) is 5.81. The highest BCUT2D eigenvalue weighted by Gasteiger charge is 2.20. The van der Waals surface area contributed by atoms with E-state index in [0.717, 1.165) is 57.5 Å². The zero-order valence-electron chi connectivity index (χ0n) is 21.2. The molecule has 3 rings (SSSR count). The molecule has 0 amide bonds. The molecule has 2 nitrogen and oxygen atoms in total. The molecule has 34 heavy (non-hydrogen) atoms. The van der Waals surface area contributed by atoms with Gasteiger partial charge in [-0.05, 0) is 96.2 Å². The van der Waals surface area contributed by atoms with Crippen molar-refractivity contribution in [3.63, 3.8) is 0 Å². The molecule has 0 heterocycles. The topological polar surface area (TPSA) is 16.7 Å². The highest BCUT2D eigenvalue weighted by atomic mass is 19.1. The van der Waals surface area contributed by atoms with Gasteiger partial charge < -0.3 is 0 Å². The normalized spacial score (nSPS) is 15.4. The van der Waals surface area contributed by atoms with Gasteiger partial charge >= 0.3 is 6.17 Å². The molecule has 2 atom stereocenters. The number of alkyl halides is 1. The number of benzene rings is 2. The maximum Gasteiger partial charge on any atom is 0.368 e. The number of rotatable bonds is 9. The van der Waals surface area contributed by atoms with Crippen LogP contribution < -0.4 is 0 Å². The van der Waals surface area contributed by atoms with Gasteiger partial charge in [-0.2, -0.15) is 0 Å². The summed E-state index contributed by atoms with van der Waals surface area (Å²) >= 11 is 0. The highest BCUT2D eigenvalue weighted by Crippen LogP contribution is 2.32. The van der Waals surface area contributed by atoms with Crippen LogP contribution >= 0.6 is 0 Å². The molecule has 0 saturated carbocycles. The molecule has 2 aromatic carbocycles. The number of hydrogen-bond acceptors (Lipinski definition) is 1.